The van der Waals surface area contributed by atoms with E-state index in [4.69, 9.17) is 0 Å². The zero-order valence-electron chi connectivity index (χ0n) is 1.69. The Hall–Kier alpha value is 3.94. The minimum absolute atomic E-state index is 0. The normalized spacial score (nSPS) is 0. The molecule has 0 heterocycles. The molecule has 0 aliphatic heterocycles. The molecule has 0 bridgehead atoms. The summed E-state index contributed by atoms with van der Waals surface area (Å²) in [7, 11) is 0. The van der Waals surface area contributed by atoms with Crippen molar-refractivity contribution in [2.24, 2.45) is 0 Å². The minimum atomic E-state index is 0. The Morgan fingerprint density at radius 3 is 1.00 bits per heavy atom. The van der Waals surface area contributed by atoms with Crippen LogP contribution >= 0.6 is 0 Å². The smallest absolute Gasteiger partial charge is 0 e. The Labute approximate surface area is 118 Å². The standard InChI is InChI=1S/Al.Ir.Nb.Th.W.3H. The SMILES string of the molecule is [AlH3].[Ir].[Nb].[Th].[W]. The largest absolute Gasteiger partial charge is 0.187 e. The van der Waals surface area contributed by atoms with Gasteiger partial charge >= 0.3 is 0 Å². The fraction of sp³-hybridized carbons (Fsp3) is 0. The van der Waals surface area contributed by atoms with Crippen molar-refractivity contribution in [1.82, 2.24) is 0 Å². The molecule has 0 rings (SSSR count). The first-order valence-corrected chi connectivity index (χ1v) is 0. The molecule has 0 aromatic carbocycles. The summed E-state index contributed by atoms with van der Waals surface area (Å²) in [5.74, 6) is 0. The number of hydrogen-bond acceptors (Lipinski definition) is 0. The molecule has 5 heavy (non-hydrogen) atoms. The molecule has 0 N–H and O–H groups in total. The predicted molar refractivity (Wildman–Crippen MR) is 9.94 cm³/mol. The van der Waals surface area contributed by atoms with Crippen LogP contribution in [0.1, 0.15) is 0 Å². The first-order chi connectivity index (χ1) is 0. The van der Waals surface area contributed by atoms with Crippen LogP contribution in [-0.4, -0.2) is 17.4 Å². The second-order valence-corrected chi connectivity index (χ2v) is 0. The molecule has 0 unspecified atom stereocenters. The molecule has 0 atom stereocenters. The maximum absolute atomic E-state index is 0. The van der Waals surface area contributed by atoms with Crippen LogP contribution in [0.15, 0.2) is 0 Å². The van der Waals surface area contributed by atoms with Crippen molar-refractivity contribution in [1.29, 1.82) is 0 Å². The molecule has 0 aromatic rings. The summed E-state index contributed by atoms with van der Waals surface area (Å²) >= 11 is 0. The monoisotopic (exact) mass is 732 g/mol. The van der Waals surface area contributed by atoms with Gasteiger partial charge in [-0.15, -0.1) is 0 Å². The summed E-state index contributed by atoms with van der Waals surface area (Å²) in [5, 5.41) is 0. The zero-order chi connectivity index (χ0) is 0. The predicted octanol–water partition coefficient (Wildman–Crippen LogP) is -1.19. The molecular weight excluding hydrogens is 728 g/mol. The van der Waals surface area contributed by atoms with E-state index in [2.05, 4.69) is 0 Å². The van der Waals surface area contributed by atoms with E-state index in [-0.39, 0.29) is 121 Å². The summed E-state index contributed by atoms with van der Waals surface area (Å²) in [4.78, 5) is 0. The first kappa shape index (κ1) is 36.3. The molecule has 0 aliphatic carbocycles. The van der Waals surface area contributed by atoms with Gasteiger partial charge in [-0.2, -0.15) is 0 Å². The van der Waals surface area contributed by atoms with E-state index >= 15 is 0 Å². The van der Waals surface area contributed by atoms with Gasteiger partial charge < -0.3 is 0 Å². The molecule has 2 radical (unpaired) electrons. The molecule has 0 saturated carbocycles. The topological polar surface area (TPSA) is 0 Å². The molecule has 30 valence electrons. The molecule has 0 spiro atoms. The average molecular weight is 731 g/mol. The molecule has 5 heteroatoms. The Bertz CT molecular complexity index is 11.6. The summed E-state index contributed by atoms with van der Waals surface area (Å²) in [6, 6.07) is 0. The van der Waals surface area contributed by atoms with Gasteiger partial charge in [0.1, 0.15) is 0 Å². The summed E-state index contributed by atoms with van der Waals surface area (Å²) in [6.45, 7) is 0. The third-order valence-corrected chi connectivity index (χ3v) is 0. The second-order valence-electron chi connectivity index (χ2n) is 0. The molecule has 0 saturated heterocycles. The Kier molecular flexibility index (Phi) is 179. The first-order valence-electron chi connectivity index (χ1n) is 0. The average Bonchev–Trinajstić information content (AvgIpc) is 0. The Morgan fingerprint density at radius 1 is 1.00 bits per heavy atom. The van der Waals surface area contributed by atoms with Crippen molar-refractivity contribution in [2.75, 3.05) is 0 Å². The van der Waals surface area contributed by atoms with Gasteiger partial charge in [0, 0.05) is 103 Å². The van der Waals surface area contributed by atoms with Gasteiger partial charge in [-0.05, 0) is 0 Å². The van der Waals surface area contributed by atoms with Crippen molar-refractivity contribution < 1.29 is 103 Å². The Balaban J connectivity index is 0. The van der Waals surface area contributed by atoms with Gasteiger partial charge in [0.25, 0.3) is 0 Å². The summed E-state index contributed by atoms with van der Waals surface area (Å²) in [5.41, 5.74) is 0. The van der Waals surface area contributed by atoms with E-state index in [0.29, 0.717) is 0 Å². The van der Waals surface area contributed by atoms with Crippen LogP contribution in [0.2, 0.25) is 0 Å². The van der Waals surface area contributed by atoms with E-state index in [1.54, 1.807) is 0 Å². The maximum atomic E-state index is 0. The fourth-order valence-electron chi connectivity index (χ4n) is 0. The van der Waals surface area contributed by atoms with Crippen molar-refractivity contribution >= 4 is 17.4 Å². The van der Waals surface area contributed by atoms with E-state index in [0.717, 1.165) is 0 Å². The van der Waals surface area contributed by atoms with Crippen LogP contribution in [0, 0.1) is 39.9 Å². The van der Waals surface area contributed by atoms with Gasteiger partial charge in [-0.25, -0.2) is 0 Å². The van der Waals surface area contributed by atoms with E-state index < -0.39 is 0 Å². The van der Waals surface area contributed by atoms with E-state index in [1.807, 2.05) is 0 Å². The van der Waals surface area contributed by atoms with Crippen LogP contribution in [0.25, 0.3) is 0 Å². The van der Waals surface area contributed by atoms with Gasteiger partial charge in [-0.1, -0.05) is 0 Å². The van der Waals surface area contributed by atoms with Crippen molar-refractivity contribution in [3.05, 3.63) is 0 Å². The van der Waals surface area contributed by atoms with Crippen molar-refractivity contribution in [2.45, 2.75) is 0 Å². The van der Waals surface area contributed by atoms with Gasteiger partial charge in [-0.3, -0.25) is 0 Å². The van der Waals surface area contributed by atoms with Crippen LogP contribution in [0.4, 0.5) is 0 Å². The van der Waals surface area contributed by atoms with Gasteiger partial charge in [0.15, 0.2) is 17.4 Å². The van der Waals surface area contributed by atoms with Crippen molar-refractivity contribution in [3.8, 4) is 0 Å². The maximum Gasteiger partial charge on any atom is 0.187 e. The van der Waals surface area contributed by atoms with Crippen molar-refractivity contribution in [3.63, 3.8) is 0 Å². The van der Waals surface area contributed by atoms with Crippen LogP contribution < -0.4 is 0 Å². The van der Waals surface area contributed by atoms with E-state index in [1.165, 1.54) is 0 Å². The number of rotatable bonds is 0. The summed E-state index contributed by atoms with van der Waals surface area (Å²) in [6.07, 6.45) is 0. The number of hydrogen-bond donors (Lipinski definition) is 0. The van der Waals surface area contributed by atoms with Crippen LogP contribution in [0.5, 0.6) is 0 Å². The quantitative estimate of drug-likeness (QED) is 0.276. The molecule has 0 nitrogen and oxygen atoms in total. The minimum Gasteiger partial charge on any atom is 0 e. The molecule has 0 fully saturated rings. The third kappa shape index (κ3) is 18.1. The third-order valence-electron chi connectivity index (χ3n) is 0. The molecule has 0 amide bonds. The summed E-state index contributed by atoms with van der Waals surface area (Å²) < 4.78 is 0. The molecular formula is H3AlIrNbThW. The zero-order valence-corrected chi connectivity index (χ0v) is 13.3. The van der Waals surface area contributed by atoms with Crippen LogP contribution in [-0.2, 0) is 63.6 Å². The van der Waals surface area contributed by atoms with Gasteiger partial charge in [0.2, 0.25) is 0 Å². The molecule has 0 aliphatic rings. The fourth-order valence-corrected chi connectivity index (χ4v) is 0. The Morgan fingerprint density at radius 2 is 1.00 bits per heavy atom. The second kappa shape index (κ2) is 24.6. The molecule has 0 aromatic heterocycles. The van der Waals surface area contributed by atoms with Gasteiger partial charge in [0.05, 0.1) is 0 Å². The van der Waals surface area contributed by atoms with E-state index in [9.17, 15) is 0 Å². The van der Waals surface area contributed by atoms with Crippen LogP contribution in [0.3, 0.4) is 0 Å².